The minimum atomic E-state index is -0.160. The van der Waals surface area contributed by atoms with Gasteiger partial charge in [-0.05, 0) is 42.5 Å². The Morgan fingerprint density at radius 3 is 2.65 bits per heavy atom. The topological polar surface area (TPSA) is 56.2 Å². The number of halogens is 2. The minimum absolute atomic E-state index is 0.160. The summed E-state index contributed by atoms with van der Waals surface area (Å²) in [7, 11) is 0. The number of para-hydroxylation sites is 3. The molecule has 0 aliphatic rings. The van der Waals surface area contributed by atoms with Crippen LogP contribution in [0.4, 0.5) is 0 Å². The van der Waals surface area contributed by atoms with Crippen molar-refractivity contribution in [2.75, 3.05) is 13.2 Å². The SMILES string of the molecule is O=C(NCCc1nc2ccccc2n1CCOc1ccccc1Cl)c1cccc(Cl)c1. The first-order valence-electron chi connectivity index (χ1n) is 9.97. The fraction of sp³-hybridized carbons (Fsp3) is 0.167. The van der Waals surface area contributed by atoms with Crippen LogP contribution in [0.15, 0.2) is 72.8 Å². The van der Waals surface area contributed by atoms with Gasteiger partial charge in [0.05, 0.1) is 22.6 Å². The van der Waals surface area contributed by atoms with Crippen LogP contribution in [-0.2, 0) is 13.0 Å². The smallest absolute Gasteiger partial charge is 0.251 e. The average molecular weight is 454 g/mol. The molecule has 7 heteroatoms. The van der Waals surface area contributed by atoms with Crippen LogP contribution in [0.1, 0.15) is 16.2 Å². The molecule has 31 heavy (non-hydrogen) atoms. The van der Waals surface area contributed by atoms with E-state index in [-0.39, 0.29) is 5.91 Å². The lowest BCUT2D eigenvalue weighted by atomic mass is 10.2. The number of rotatable bonds is 8. The van der Waals surface area contributed by atoms with E-state index in [1.807, 2.05) is 42.5 Å². The number of hydrogen-bond acceptors (Lipinski definition) is 3. The Kier molecular flexibility index (Phi) is 6.75. The molecule has 1 aromatic heterocycles. The third-order valence-electron chi connectivity index (χ3n) is 4.86. The average Bonchev–Trinajstić information content (AvgIpc) is 3.12. The van der Waals surface area contributed by atoms with Gasteiger partial charge in [-0.3, -0.25) is 4.79 Å². The van der Waals surface area contributed by atoms with Crippen LogP contribution in [0.25, 0.3) is 11.0 Å². The minimum Gasteiger partial charge on any atom is -0.490 e. The van der Waals surface area contributed by atoms with Crippen LogP contribution in [0.5, 0.6) is 5.75 Å². The lowest BCUT2D eigenvalue weighted by Gasteiger charge is -2.12. The molecular weight excluding hydrogens is 433 g/mol. The molecular formula is C24H21Cl2N3O2. The van der Waals surface area contributed by atoms with E-state index in [1.54, 1.807) is 30.3 Å². The predicted molar refractivity (Wildman–Crippen MR) is 124 cm³/mol. The highest BCUT2D eigenvalue weighted by Gasteiger charge is 2.12. The second-order valence-electron chi connectivity index (χ2n) is 6.96. The van der Waals surface area contributed by atoms with Crippen molar-refractivity contribution in [1.82, 2.24) is 14.9 Å². The standard InChI is InChI=1S/C24H21Cl2N3O2/c25-18-7-5-6-17(16-18)24(30)27-13-12-23-28-20-9-2-3-10-21(20)29(23)14-15-31-22-11-4-1-8-19(22)26/h1-11,16H,12-15H2,(H,27,30). The molecule has 3 aromatic carbocycles. The number of benzene rings is 3. The molecule has 0 fully saturated rings. The van der Waals surface area contributed by atoms with Crippen molar-refractivity contribution in [3.8, 4) is 5.75 Å². The highest BCUT2D eigenvalue weighted by atomic mass is 35.5. The van der Waals surface area contributed by atoms with E-state index in [9.17, 15) is 4.79 Å². The van der Waals surface area contributed by atoms with E-state index in [0.717, 1.165) is 16.9 Å². The third-order valence-corrected chi connectivity index (χ3v) is 5.41. The Bertz CT molecular complexity index is 1210. The van der Waals surface area contributed by atoms with Gasteiger partial charge in [-0.25, -0.2) is 4.98 Å². The third kappa shape index (κ3) is 5.19. The molecule has 0 unspecified atom stereocenters. The van der Waals surface area contributed by atoms with Crippen molar-refractivity contribution in [3.05, 3.63) is 94.2 Å². The highest BCUT2D eigenvalue weighted by molar-refractivity contribution is 6.32. The molecule has 0 spiro atoms. The van der Waals surface area contributed by atoms with Gasteiger partial charge >= 0.3 is 0 Å². The molecule has 0 bridgehead atoms. The lowest BCUT2D eigenvalue weighted by molar-refractivity contribution is 0.0954. The summed E-state index contributed by atoms with van der Waals surface area (Å²) in [5.41, 5.74) is 2.48. The summed E-state index contributed by atoms with van der Waals surface area (Å²) in [4.78, 5) is 17.1. The monoisotopic (exact) mass is 453 g/mol. The second kappa shape index (κ2) is 9.86. The zero-order chi connectivity index (χ0) is 21.6. The number of amides is 1. The molecule has 1 heterocycles. The molecule has 5 nitrogen and oxygen atoms in total. The molecule has 158 valence electrons. The summed E-state index contributed by atoms with van der Waals surface area (Å²) in [6.45, 7) is 1.52. The van der Waals surface area contributed by atoms with E-state index in [1.165, 1.54) is 0 Å². The Morgan fingerprint density at radius 2 is 1.81 bits per heavy atom. The van der Waals surface area contributed by atoms with Crippen LogP contribution in [-0.4, -0.2) is 28.6 Å². The van der Waals surface area contributed by atoms with Gasteiger partial charge in [0.1, 0.15) is 18.2 Å². The van der Waals surface area contributed by atoms with Gasteiger partial charge in [0.2, 0.25) is 0 Å². The Hall–Kier alpha value is -3.02. The molecule has 0 aliphatic heterocycles. The quantitative estimate of drug-likeness (QED) is 0.388. The molecule has 0 atom stereocenters. The van der Waals surface area contributed by atoms with E-state index in [0.29, 0.717) is 47.5 Å². The number of hydrogen-bond donors (Lipinski definition) is 1. The van der Waals surface area contributed by atoms with Gasteiger partial charge in [0.15, 0.2) is 0 Å². The molecule has 0 saturated heterocycles. The van der Waals surface area contributed by atoms with Crippen LogP contribution < -0.4 is 10.1 Å². The van der Waals surface area contributed by atoms with E-state index in [2.05, 4.69) is 9.88 Å². The largest absolute Gasteiger partial charge is 0.490 e. The first-order chi connectivity index (χ1) is 15.1. The maximum Gasteiger partial charge on any atom is 0.251 e. The van der Waals surface area contributed by atoms with Gasteiger partial charge in [-0.2, -0.15) is 0 Å². The number of nitrogens with zero attached hydrogens (tertiary/aromatic N) is 2. The normalized spacial score (nSPS) is 10.9. The summed E-state index contributed by atoms with van der Waals surface area (Å²) >= 11 is 12.2. The summed E-state index contributed by atoms with van der Waals surface area (Å²) in [5, 5.41) is 4.06. The van der Waals surface area contributed by atoms with Crippen molar-refractivity contribution in [1.29, 1.82) is 0 Å². The fourth-order valence-electron chi connectivity index (χ4n) is 3.39. The van der Waals surface area contributed by atoms with Gasteiger partial charge in [-0.1, -0.05) is 53.5 Å². The Balaban J connectivity index is 1.43. The Morgan fingerprint density at radius 1 is 1.00 bits per heavy atom. The van der Waals surface area contributed by atoms with Gasteiger partial charge < -0.3 is 14.6 Å². The number of carbonyl (C=O) groups excluding carboxylic acids is 1. The number of aromatic nitrogens is 2. The van der Waals surface area contributed by atoms with E-state index < -0.39 is 0 Å². The van der Waals surface area contributed by atoms with Crippen molar-refractivity contribution >= 4 is 40.1 Å². The number of imidazole rings is 1. The fourth-order valence-corrected chi connectivity index (χ4v) is 3.77. The summed E-state index contributed by atoms with van der Waals surface area (Å²) in [6, 6.07) is 22.3. The Labute approximate surface area is 190 Å². The maximum absolute atomic E-state index is 12.4. The van der Waals surface area contributed by atoms with Crippen LogP contribution in [0.2, 0.25) is 10.0 Å². The second-order valence-corrected chi connectivity index (χ2v) is 7.81. The highest BCUT2D eigenvalue weighted by Crippen LogP contribution is 2.23. The maximum atomic E-state index is 12.4. The number of fused-ring (bicyclic) bond motifs is 1. The van der Waals surface area contributed by atoms with Crippen molar-refractivity contribution in [3.63, 3.8) is 0 Å². The molecule has 4 aromatic rings. The van der Waals surface area contributed by atoms with Gasteiger partial charge in [-0.15, -0.1) is 0 Å². The number of carbonyl (C=O) groups is 1. The molecule has 0 radical (unpaired) electrons. The molecule has 0 aliphatic carbocycles. The predicted octanol–water partition coefficient (Wildman–Crippen LogP) is 5.39. The van der Waals surface area contributed by atoms with Crippen molar-refractivity contribution < 1.29 is 9.53 Å². The van der Waals surface area contributed by atoms with Crippen LogP contribution >= 0.6 is 23.2 Å². The van der Waals surface area contributed by atoms with Gasteiger partial charge in [0.25, 0.3) is 5.91 Å². The van der Waals surface area contributed by atoms with Crippen LogP contribution in [0, 0.1) is 0 Å². The summed E-state index contributed by atoms with van der Waals surface area (Å²) in [5.74, 6) is 1.38. The van der Waals surface area contributed by atoms with Crippen molar-refractivity contribution in [2.45, 2.75) is 13.0 Å². The first-order valence-corrected chi connectivity index (χ1v) is 10.7. The van der Waals surface area contributed by atoms with E-state index in [4.69, 9.17) is 32.9 Å². The van der Waals surface area contributed by atoms with Crippen molar-refractivity contribution in [2.24, 2.45) is 0 Å². The number of ether oxygens (including phenoxy) is 1. The molecule has 1 N–H and O–H groups in total. The molecule has 0 saturated carbocycles. The summed E-state index contributed by atoms with van der Waals surface area (Å²) in [6.07, 6.45) is 0.590. The zero-order valence-electron chi connectivity index (χ0n) is 16.7. The zero-order valence-corrected chi connectivity index (χ0v) is 18.2. The molecule has 1 amide bonds. The van der Waals surface area contributed by atoms with E-state index >= 15 is 0 Å². The lowest BCUT2D eigenvalue weighted by Crippen LogP contribution is -2.26. The van der Waals surface area contributed by atoms with Crippen LogP contribution in [0.3, 0.4) is 0 Å². The number of nitrogens with one attached hydrogen (secondary N) is 1. The summed E-state index contributed by atoms with van der Waals surface area (Å²) < 4.78 is 7.99. The first kappa shape index (κ1) is 21.2. The van der Waals surface area contributed by atoms with Gasteiger partial charge in [0, 0.05) is 23.6 Å². The molecule has 4 rings (SSSR count).